The fourth-order valence-corrected chi connectivity index (χ4v) is 2.27. The van der Waals surface area contributed by atoms with Crippen LogP contribution in [0.1, 0.15) is 26.3 Å². The summed E-state index contributed by atoms with van der Waals surface area (Å²) >= 11 is 0. The van der Waals surface area contributed by atoms with Crippen molar-refractivity contribution in [3.05, 3.63) is 35.9 Å². The molecule has 0 saturated carbocycles. The Labute approximate surface area is 108 Å². The molecule has 1 heterocycles. The molecule has 0 fully saturated rings. The van der Waals surface area contributed by atoms with Gasteiger partial charge in [-0.2, -0.15) is 0 Å². The van der Waals surface area contributed by atoms with Gasteiger partial charge in [-0.05, 0) is 32.9 Å². The van der Waals surface area contributed by atoms with Crippen LogP contribution < -0.4 is 4.90 Å². The van der Waals surface area contributed by atoms with Crippen molar-refractivity contribution in [1.82, 2.24) is 4.98 Å². The van der Waals surface area contributed by atoms with Crippen LogP contribution in [-0.4, -0.2) is 22.7 Å². The van der Waals surface area contributed by atoms with Gasteiger partial charge in [0.2, 0.25) is 0 Å². The molecule has 18 heavy (non-hydrogen) atoms. The van der Waals surface area contributed by atoms with Crippen molar-refractivity contribution in [1.29, 1.82) is 0 Å². The van der Waals surface area contributed by atoms with Crippen LogP contribution in [0.2, 0.25) is 0 Å². The number of pyridine rings is 1. The van der Waals surface area contributed by atoms with E-state index in [4.69, 9.17) is 4.98 Å². The zero-order valence-electron chi connectivity index (χ0n) is 11.2. The van der Waals surface area contributed by atoms with E-state index in [1.807, 2.05) is 30.3 Å². The molecule has 2 rings (SSSR count). The fraction of sp³-hybridized carbons (Fsp3) is 0.400. The maximum atomic E-state index is 9.54. The lowest BCUT2D eigenvalue weighted by molar-refractivity contribution is 0.281. The average molecular weight is 244 g/mol. The first-order valence-corrected chi connectivity index (χ1v) is 6.43. The summed E-state index contributed by atoms with van der Waals surface area (Å²) in [5, 5.41) is 10.6. The van der Waals surface area contributed by atoms with Gasteiger partial charge in [0, 0.05) is 23.5 Å². The van der Waals surface area contributed by atoms with Crippen LogP contribution in [-0.2, 0) is 6.61 Å². The Hall–Kier alpha value is -1.61. The van der Waals surface area contributed by atoms with Crippen molar-refractivity contribution in [2.24, 2.45) is 0 Å². The summed E-state index contributed by atoms with van der Waals surface area (Å²) in [7, 11) is 0. The van der Waals surface area contributed by atoms with Crippen LogP contribution >= 0.6 is 0 Å². The number of rotatable bonds is 4. The van der Waals surface area contributed by atoms with Crippen molar-refractivity contribution in [3.63, 3.8) is 0 Å². The van der Waals surface area contributed by atoms with E-state index in [1.165, 1.54) is 0 Å². The number of fused-ring (bicyclic) bond motifs is 1. The molecule has 0 spiro atoms. The monoisotopic (exact) mass is 244 g/mol. The predicted molar refractivity (Wildman–Crippen MR) is 75.8 cm³/mol. The van der Waals surface area contributed by atoms with Gasteiger partial charge in [0.15, 0.2) is 0 Å². The number of para-hydroxylation sites is 1. The number of nitrogens with zero attached hydrogens (tertiary/aromatic N) is 2. The number of aliphatic hydroxyl groups excluding tert-OH is 1. The summed E-state index contributed by atoms with van der Waals surface area (Å²) in [5.41, 5.74) is 1.87. The molecule has 0 atom stereocenters. The highest BCUT2D eigenvalue weighted by Crippen LogP contribution is 2.25. The molecule has 0 unspecified atom stereocenters. The van der Waals surface area contributed by atoms with Crippen LogP contribution in [0, 0.1) is 0 Å². The average Bonchev–Trinajstić information content (AvgIpc) is 2.38. The van der Waals surface area contributed by atoms with Crippen molar-refractivity contribution in [3.8, 4) is 0 Å². The van der Waals surface area contributed by atoms with Gasteiger partial charge in [-0.3, -0.25) is 0 Å². The Morgan fingerprint density at radius 1 is 1.28 bits per heavy atom. The first-order chi connectivity index (χ1) is 8.67. The van der Waals surface area contributed by atoms with Gasteiger partial charge in [0.25, 0.3) is 0 Å². The molecule has 0 aliphatic rings. The molecule has 0 aliphatic carbocycles. The van der Waals surface area contributed by atoms with Gasteiger partial charge in [-0.25, -0.2) is 4.98 Å². The summed E-state index contributed by atoms with van der Waals surface area (Å²) in [5.74, 6) is 0.897. The molecule has 2 aromatic rings. The first kappa shape index (κ1) is 12.8. The number of hydrogen-bond acceptors (Lipinski definition) is 3. The summed E-state index contributed by atoms with van der Waals surface area (Å²) < 4.78 is 0. The van der Waals surface area contributed by atoms with Crippen molar-refractivity contribution in [2.75, 3.05) is 11.4 Å². The van der Waals surface area contributed by atoms with Crippen molar-refractivity contribution < 1.29 is 5.11 Å². The number of anilines is 1. The molecular weight excluding hydrogens is 224 g/mol. The van der Waals surface area contributed by atoms with E-state index < -0.39 is 0 Å². The highest BCUT2D eigenvalue weighted by atomic mass is 16.3. The van der Waals surface area contributed by atoms with Gasteiger partial charge >= 0.3 is 0 Å². The Morgan fingerprint density at radius 2 is 2.00 bits per heavy atom. The van der Waals surface area contributed by atoms with Crippen LogP contribution in [0.5, 0.6) is 0 Å². The number of aromatic nitrogens is 1. The van der Waals surface area contributed by atoms with Crippen molar-refractivity contribution >= 4 is 16.7 Å². The van der Waals surface area contributed by atoms with Gasteiger partial charge in [-0.1, -0.05) is 18.2 Å². The van der Waals surface area contributed by atoms with Gasteiger partial charge in [0.05, 0.1) is 12.1 Å². The Morgan fingerprint density at radius 3 is 2.61 bits per heavy atom. The summed E-state index contributed by atoms with van der Waals surface area (Å²) in [4.78, 5) is 6.91. The summed E-state index contributed by atoms with van der Waals surface area (Å²) in [6, 6.07) is 10.4. The third-order valence-electron chi connectivity index (χ3n) is 3.19. The molecule has 3 heteroatoms. The van der Waals surface area contributed by atoms with E-state index >= 15 is 0 Å². The fourth-order valence-electron chi connectivity index (χ4n) is 2.27. The van der Waals surface area contributed by atoms with Gasteiger partial charge in [0.1, 0.15) is 5.82 Å². The largest absolute Gasteiger partial charge is 0.392 e. The van der Waals surface area contributed by atoms with Gasteiger partial charge in [-0.15, -0.1) is 0 Å². The van der Waals surface area contributed by atoms with Crippen LogP contribution in [0.25, 0.3) is 10.9 Å². The van der Waals surface area contributed by atoms with Crippen molar-refractivity contribution in [2.45, 2.75) is 33.4 Å². The quantitative estimate of drug-likeness (QED) is 0.898. The lowest BCUT2D eigenvalue weighted by Crippen LogP contribution is -2.32. The summed E-state index contributed by atoms with van der Waals surface area (Å²) in [6.07, 6.45) is 0. The van der Waals surface area contributed by atoms with E-state index in [1.54, 1.807) is 0 Å². The molecule has 0 aliphatic heterocycles. The van der Waals surface area contributed by atoms with Crippen LogP contribution in [0.3, 0.4) is 0 Å². The number of aliphatic hydroxyl groups is 1. The smallest absolute Gasteiger partial charge is 0.135 e. The summed E-state index contributed by atoms with van der Waals surface area (Å²) in [6.45, 7) is 7.30. The number of hydrogen-bond donors (Lipinski definition) is 1. The molecule has 1 aromatic carbocycles. The second-order valence-corrected chi connectivity index (χ2v) is 4.70. The Balaban J connectivity index is 2.60. The zero-order valence-corrected chi connectivity index (χ0v) is 11.2. The molecule has 0 amide bonds. The molecule has 3 nitrogen and oxygen atoms in total. The lowest BCUT2D eigenvalue weighted by Gasteiger charge is -2.28. The maximum absolute atomic E-state index is 9.54. The van der Waals surface area contributed by atoms with E-state index in [0.29, 0.717) is 6.04 Å². The second-order valence-electron chi connectivity index (χ2n) is 4.70. The zero-order chi connectivity index (χ0) is 13.1. The number of benzene rings is 1. The van der Waals surface area contributed by atoms with E-state index in [-0.39, 0.29) is 6.61 Å². The van der Waals surface area contributed by atoms with Gasteiger partial charge < -0.3 is 10.0 Å². The lowest BCUT2D eigenvalue weighted by atomic mass is 10.1. The molecule has 0 saturated heterocycles. The Bertz CT molecular complexity index is 537. The van der Waals surface area contributed by atoms with Crippen LogP contribution in [0.4, 0.5) is 5.82 Å². The standard InChI is InChI=1S/C15H20N2O/c1-4-17(11(2)3)15-13(10-18)9-12-7-5-6-8-14(12)16-15/h5-9,11,18H,4,10H2,1-3H3. The predicted octanol–water partition coefficient (Wildman–Crippen LogP) is 2.96. The minimum atomic E-state index is 0.0242. The molecule has 1 aromatic heterocycles. The SMILES string of the molecule is CCN(c1nc2ccccc2cc1CO)C(C)C. The first-order valence-electron chi connectivity index (χ1n) is 6.43. The maximum Gasteiger partial charge on any atom is 0.135 e. The molecule has 0 bridgehead atoms. The molecule has 96 valence electrons. The molecule has 1 N–H and O–H groups in total. The minimum absolute atomic E-state index is 0.0242. The van der Waals surface area contributed by atoms with E-state index in [9.17, 15) is 5.11 Å². The molecule has 0 radical (unpaired) electrons. The highest BCUT2D eigenvalue weighted by Gasteiger charge is 2.15. The third kappa shape index (κ3) is 2.31. The van der Waals surface area contributed by atoms with E-state index in [2.05, 4.69) is 25.7 Å². The minimum Gasteiger partial charge on any atom is -0.392 e. The normalized spacial score (nSPS) is 11.2. The van der Waals surface area contributed by atoms with E-state index in [0.717, 1.165) is 28.8 Å². The topological polar surface area (TPSA) is 36.4 Å². The second kappa shape index (κ2) is 5.36. The molecular formula is C15H20N2O. The van der Waals surface area contributed by atoms with Crippen LogP contribution in [0.15, 0.2) is 30.3 Å². The third-order valence-corrected chi connectivity index (χ3v) is 3.19. The Kier molecular flexibility index (Phi) is 3.82. The highest BCUT2D eigenvalue weighted by molar-refractivity contribution is 5.81.